The van der Waals surface area contributed by atoms with Gasteiger partial charge < -0.3 is 10.2 Å². The van der Waals surface area contributed by atoms with Crippen LogP contribution in [0.25, 0.3) is 0 Å². The molecule has 1 aromatic heterocycles. The molecule has 1 heterocycles. The summed E-state index contributed by atoms with van der Waals surface area (Å²) in [5, 5.41) is 1.54. The summed E-state index contributed by atoms with van der Waals surface area (Å²) in [4.78, 5) is 27.2. The molecular weight excluding hydrogens is 275 g/mol. The smallest absolute Gasteiger partial charge is 0.344 e. The second-order valence-corrected chi connectivity index (χ2v) is 4.10. The lowest BCUT2D eigenvalue weighted by Gasteiger charge is -2.17. The number of carbonyl (C=O) groups excluding carboxylic acids is 2. The lowest BCUT2D eigenvalue weighted by molar-refractivity contribution is -0.173. The predicted molar refractivity (Wildman–Crippen MR) is 64.6 cm³/mol. The summed E-state index contributed by atoms with van der Waals surface area (Å²) in [5.41, 5.74) is 0.957. The highest BCUT2D eigenvalue weighted by Gasteiger charge is 2.38. The molecule has 0 fully saturated rings. The molecule has 0 aliphatic heterocycles. The van der Waals surface area contributed by atoms with E-state index < -0.39 is 24.5 Å². The Morgan fingerprint density at radius 3 is 2.45 bits per heavy atom. The molecule has 0 radical (unpaired) electrons. The highest BCUT2D eigenvalue weighted by molar-refractivity contribution is 5.87. The van der Waals surface area contributed by atoms with E-state index in [1.807, 2.05) is 0 Å². The van der Waals surface area contributed by atoms with Crippen LogP contribution in [0.3, 0.4) is 0 Å². The van der Waals surface area contributed by atoms with E-state index in [0.717, 1.165) is 5.56 Å². The van der Waals surface area contributed by atoms with Crippen molar-refractivity contribution in [2.45, 2.75) is 12.6 Å². The van der Waals surface area contributed by atoms with E-state index in [2.05, 4.69) is 4.98 Å². The summed E-state index contributed by atoms with van der Waals surface area (Å²) in [6, 6.07) is 3.56. The molecule has 20 heavy (non-hydrogen) atoms. The van der Waals surface area contributed by atoms with Gasteiger partial charge in [0.15, 0.2) is 0 Å². The fourth-order valence-corrected chi connectivity index (χ4v) is 1.36. The van der Waals surface area contributed by atoms with Gasteiger partial charge in [-0.05, 0) is 24.1 Å². The summed E-state index contributed by atoms with van der Waals surface area (Å²) in [6.45, 7) is -0.337. The minimum atomic E-state index is -4.98. The van der Waals surface area contributed by atoms with Gasteiger partial charge in [0.25, 0.3) is 0 Å². The minimum Gasteiger partial charge on any atom is -0.344 e. The maximum absolute atomic E-state index is 11.9. The third-order valence-electron chi connectivity index (χ3n) is 2.57. The van der Waals surface area contributed by atoms with Gasteiger partial charge in [-0.15, -0.1) is 0 Å². The van der Waals surface area contributed by atoms with Crippen molar-refractivity contribution >= 4 is 11.8 Å². The Morgan fingerprint density at radius 2 is 1.90 bits per heavy atom. The standard InChI is InChI=1S/C12H14F3N3O2/c1-18(7-4-9-2-5-16-6-3-9)10(19)8-17-11(20)12(13,14)15/h2-3,5-6H,4,7-8H2,1H3,(H,17,20). The molecule has 5 nitrogen and oxygen atoms in total. The van der Waals surface area contributed by atoms with Crippen molar-refractivity contribution in [3.05, 3.63) is 30.1 Å². The Labute approximate surface area is 113 Å². The van der Waals surface area contributed by atoms with Crippen molar-refractivity contribution in [3.8, 4) is 0 Å². The molecule has 0 saturated carbocycles. The van der Waals surface area contributed by atoms with Crippen molar-refractivity contribution in [2.24, 2.45) is 0 Å². The average Bonchev–Trinajstić information content (AvgIpc) is 2.41. The van der Waals surface area contributed by atoms with Crippen molar-refractivity contribution in [2.75, 3.05) is 20.1 Å². The molecule has 0 bridgehead atoms. The van der Waals surface area contributed by atoms with Crippen LogP contribution < -0.4 is 5.32 Å². The lowest BCUT2D eigenvalue weighted by Crippen LogP contribution is -2.43. The van der Waals surface area contributed by atoms with E-state index in [1.54, 1.807) is 24.5 Å². The molecule has 0 atom stereocenters. The summed E-state index contributed by atoms with van der Waals surface area (Å²) in [5.74, 6) is -2.70. The van der Waals surface area contributed by atoms with Gasteiger partial charge in [-0.2, -0.15) is 13.2 Å². The SMILES string of the molecule is CN(CCc1ccncc1)C(=O)CNC(=O)C(F)(F)F. The van der Waals surface area contributed by atoms with Crippen LogP contribution in [-0.2, 0) is 16.0 Å². The molecule has 0 aliphatic rings. The quantitative estimate of drug-likeness (QED) is 0.870. The molecular formula is C12H14F3N3O2. The summed E-state index contributed by atoms with van der Waals surface area (Å²) < 4.78 is 35.8. The van der Waals surface area contributed by atoms with Gasteiger partial charge in [0.1, 0.15) is 0 Å². The van der Waals surface area contributed by atoms with Gasteiger partial charge in [-0.25, -0.2) is 0 Å². The number of alkyl halides is 3. The number of nitrogens with one attached hydrogen (secondary N) is 1. The fraction of sp³-hybridized carbons (Fsp3) is 0.417. The van der Waals surface area contributed by atoms with Crippen LogP contribution in [0.1, 0.15) is 5.56 Å². The largest absolute Gasteiger partial charge is 0.471 e. The van der Waals surface area contributed by atoms with E-state index in [9.17, 15) is 22.8 Å². The van der Waals surface area contributed by atoms with Crippen molar-refractivity contribution in [3.63, 3.8) is 0 Å². The minimum absolute atomic E-state index is 0.338. The number of pyridine rings is 1. The first kappa shape index (κ1) is 15.9. The summed E-state index contributed by atoms with van der Waals surface area (Å²) in [7, 11) is 1.46. The molecule has 1 rings (SSSR count). The molecule has 0 aliphatic carbocycles. The normalized spacial score (nSPS) is 11.0. The second-order valence-electron chi connectivity index (χ2n) is 4.10. The summed E-state index contributed by atoms with van der Waals surface area (Å²) in [6.07, 6.45) is -1.20. The molecule has 0 unspecified atom stereocenters. The first-order valence-corrected chi connectivity index (χ1v) is 5.78. The number of hydrogen-bond acceptors (Lipinski definition) is 3. The number of likely N-dealkylation sites (N-methyl/N-ethyl adjacent to an activating group) is 1. The maximum atomic E-state index is 11.9. The number of nitrogens with zero attached hydrogens (tertiary/aromatic N) is 2. The van der Waals surface area contributed by atoms with Crippen molar-refractivity contribution in [1.82, 2.24) is 15.2 Å². The van der Waals surface area contributed by atoms with Gasteiger partial charge in [-0.1, -0.05) is 0 Å². The molecule has 0 aromatic carbocycles. The van der Waals surface area contributed by atoms with Crippen LogP contribution in [0.5, 0.6) is 0 Å². The molecule has 2 amide bonds. The van der Waals surface area contributed by atoms with E-state index >= 15 is 0 Å². The van der Waals surface area contributed by atoms with Crippen LogP contribution in [0.2, 0.25) is 0 Å². The van der Waals surface area contributed by atoms with Gasteiger partial charge in [0, 0.05) is 26.0 Å². The van der Waals surface area contributed by atoms with E-state index in [-0.39, 0.29) is 0 Å². The third kappa shape index (κ3) is 5.25. The molecule has 0 spiro atoms. The van der Waals surface area contributed by atoms with Crippen molar-refractivity contribution in [1.29, 1.82) is 0 Å². The lowest BCUT2D eigenvalue weighted by atomic mass is 10.2. The van der Waals surface area contributed by atoms with Crippen LogP contribution in [0, 0.1) is 0 Å². The highest BCUT2D eigenvalue weighted by atomic mass is 19.4. The molecule has 1 N–H and O–H groups in total. The number of amides is 2. The second kappa shape index (κ2) is 6.88. The molecule has 110 valence electrons. The van der Waals surface area contributed by atoms with Crippen LogP contribution in [0.4, 0.5) is 13.2 Å². The Balaban J connectivity index is 2.35. The first-order chi connectivity index (χ1) is 9.30. The van der Waals surface area contributed by atoms with Crippen molar-refractivity contribution < 1.29 is 22.8 Å². The van der Waals surface area contributed by atoms with Crippen LogP contribution >= 0.6 is 0 Å². The number of halogens is 3. The number of hydrogen-bond donors (Lipinski definition) is 1. The zero-order chi connectivity index (χ0) is 15.2. The zero-order valence-electron chi connectivity index (χ0n) is 10.8. The highest BCUT2D eigenvalue weighted by Crippen LogP contribution is 2.13. The Hall–Kier alpha value is -2.12. The average molecular weight is 289 g/mol. The Bertz CT molecular complexity index is 463. The van der Waals surface area contributed by atoms with E-state index in [4.69, 9.17) is 0 Å². The monoisotopic (exact) mass is 289 g/mol. The van der Waals surface area contributed by atoms with Gasteiger partial charge in [0.05, 0.1) is 6.54 Å². The topological polar surface area (TPSA) is 62.3 Å². The predicted octanol–water partition coefficient (Wildman–Crippen LogP) is 0.761. The summed E-state index contributed by atoms with van der Waals surface area (Å²) >= 11 is 0. The van der Waals surface area contributed by atoms with Gasteiger partial charge >= 0.3 is 12.1 Å². The number of aromatic nitrogens is 1. The molecule has 8 heteroatoms. The Kier molecular flexibility index (Phi) is 5.48. The van der Waals surface area contributed by atoms with Crippen LogP contribution in [0.15, 0.2) is 24.5 Å². The fourth-order valence-electron chi connectivity index (χ4n) is 1.36. The molecule has 0 saturated heterocycles. The van der Waals surface area contributed by atoms with E-state index in [1.165, 1.54) is 17.3 Å². The van der Waals surface area contributed by atoms with Gasteiger partial charge in [0.2, 0.25) is 5.91 Å². The third-order valence-corrected chi connectivity index (χ3v) is 2.57. The number of carbonyl (C=O) groups is 2. The molecule has 1 aromatic rings. The zero-order valence-corrected chi connectivity index (χ0v) is 10.8. The Morgan fingerprint density at radius 1 is 1.30 bits per heavy atom. The number of rotatable bonds is 5. The van der Waals surface area contributed by atoms with Crippen LogP contribution in [-0.4, -0.2) is 48.0 Å². The first-order valence-electron chi connectivity index (χ1n) is 5.78. The van der Waals surface area contributed by atoms with E-state index in [0.29, 0.717) is 13.0 Å². The van der Waals surface area contributed by atoms with Gasteiger partial charge in [-0.3, -0.25) is 14.6 Å². The maximum Gasteiger partial charge on any atom is 0.471 e.